The fraction of sp³-hybridized carbons (Fsp3) is 0.233. The fourth-order valence-corrected chi connectivity index (χ4v) is 3.53. The number of hydrogen-bond donors (Lipinski definition) is 0. The molecule has 1 aliphatic heterocycles. The molecule has 0 aromatic heterocycles. The average molecular weight is 593 g/mol. The van der Waals surface area contributed by atoms with Crippen LogP contribution in [0.4, 0.5) is 0 Å². The smallest absolute Gasteiger partial charge is 0.326 e. The molecule has 0 atom stereocenters. The highest BCUT2D eigenvalue weighted by molar-refractivity contribution is 6.14. The van der Waals surface area contributed by atoms with Gasteiger partial charge >= 0.3 is 11.9 Å². The third-order valence-electron chi connectivity index (χ3n) is 5.71. The third kappa shape index (κ3) is 10.1. The molecule has 3 amide bonds. The predicted molar refractivity (Wildman–Crippen MR) is 148 cm³/mol. The van der Waals surface area contributed by atoms with Crippen molar-refractivity contribution in [3.05, 3.63) is 84.0 Å². The van der Waals surface area contributed by atoms with Crippen molar-refractivity contribution in [2.75, 3.05) is 46.6 Å². The standard InChI is InChI=1S/C30H28N2O11/c1-31(25(34)3-2-14-33)19-28(37)42-17-15-40-23-8-4-21(5-9-23)30(39)22-6-10-24(11-7-22)41-16-18-43-29(38)20-32-26(35)12-13-27(32)36/h2-14H,15-20H2,1H3/b3-2-. The topological polar surface area (TPSA) is 163 Å². The molecule has 2 aromatic rings. The lowest BCUT2D eigenvalue weighted by Crippen LogP contribution is -2.36. The first-order valence-corrected chi connectivity index (χ1v) is 12.9. The summed E-state index contributed by atoms with van der Waals surface area (Å²) in [5, 5.41) is 0. The molecule has 0 saturated heterocycles. The van der Waals surface area contributed by atoms with Crippen molar-refractivity contribution in [2.24, 2.45) is 0 Å². The Labute approximate surface area is 246 Å². The molecule has 1 heterocycles. The summed E-state index contributed by atoms with van der Waals surface area (Å²) < 4.78 is 21.0. The number of esters is 2. The molecule has 0 aliphatic carbocycles. The molecular formula is C30H28N2O11. The molecule has 0 bridgehead atoms. The van der Waals surface area contributed by atoms with E-state index in [2.05, 4.69) is 0 Å². The third-order valence-corrected chi connectivity index (χ3v) is 5.71. The van der Waals surface area contributed by atoms with Crippen molar-refractivity contribution >= 4 is 41.7 Å². The van der Waals surface area contributed by atoms with E-state index >= 15 is 0 Å². The first-order chi connectivity index (χ1) is 20.7. The van der Waals surface area contributed by atoms with Crippen molar-refractivity contribution < 1.29 is 52.5 Å². The van der Waals surface area contributed by atoms with Crippen LogP contribution in [0, 0.1) is 0 Å². The van der Waals surface area contributed by atoms with Gasteiger partial charge in [-0.1, -0.05) is 0 Å². The van der Waals surface area contributed by atoms with Gasteiger partial charge in [0, 0.05) is 36.4 Å². The van der Waals surface area contributed by atoms with Crippen molar-refractivity contribution in [1.82, 2.24) is 9.80 Å². The van der Waals surface area contributed by atoms with Crippen LogP contribution in [0.1, 0.15) is 15.9 Å². The van der Waals surface area contributed by atoms with Crippen LogP contribution < -0.4 is 9.47 Å². The van der Waals surface area contributed by atoms with Crippen molar-refractivity contribution in [3.8, 4) is 11.5 Å². The quantitative estimate of drug-likeness (QED) is 0.0680. The molecule has 0 fully saturated rings. The van der Waals surface area contributed by atoms with Gasteiger partial charge in [-0.05, 0) is 54.6 Å². The second kappa shape index (κ2) is 16.0. The monoisotopic (exact) mass is 592 g/mol. The predicted octanol–water partition coefficient (Wildman–Crippen LogP) is 0.900. The van der Waals surface area contributed by atoms with Crippen LogP contribution in [0.25, 0.3) is 0 Å². The van der Waals surface area contributed by atoms with Crippen molar-refractivity contribution in [3.63, 3.8) is 0 Å². The van der Waals surface area contributed by atoms with Crippen LogP contribution in [0.15, 0.2) is 72.8 Å². The number of nitrogens with zero attached hydrogens (tertiary/aromatic N) is 2. The molecule has 0 N–H and O–H groups in total. The number of carbonyl (C=O) groups excluding carboxylic acids is 7. The molecule has 224 valence electrons. The Balaban J connectivity index is 1.35. The van der Waals surface area contributed by atoms with E-state index in [-0.39, 0.29) is 38.8 Å². The van der Waals surface area contributed by atoms with Crippen molar-refractivity contribution in [2.45, 2.75) is 0 Å². The van der Waals surface area contributed by atoms with Crippen LogP contribution >= 0.6 is 0 Å². The second-order valence-corrected chi connectivity index (χ2v) is 8.80. The number of hydrogen-bond acceptors (Lipinski definition) is 11. The molecule has 0 unspecified atom stereocenters. The minimum atomic E-state index is -0.741. The summed E-state index contributed by atoms with van der Waals surface area (Å²) in [6, 6.07) is 12.8. The number of likely N-dealkylation sites (N-methyl/N-ethyl adjacent to an activating group) is 1. The largest absolute Gasteiger partial charge is 0.490 e. The van der Waals surface area contributed by atoms with E-state index < -0.39 is 36.2 Å². The molecule has 0 spiro atoms. The minimum Gasteiger partial charge on any atom is -0.490 e. The summed E-state index contributed by atoms with van der Waals surface area (Å²) in [5.74, 6) is -2.37. The average Bonchev–Trinajstić information content (AvgIpc) is 3.32. The first-order valence-electron chi connectivity index (χ1n) is 12.9. The number of rotatable bonds is 16. The molecule has 0 radical (unpaired) electrons. The maximum absolute atomic E-state index is 12.8. The van der Waals surface area contributed by atoms with E-state index in [1.807, 2.05) is 0 Å². The summed E-state index contributed by atoms with van der Waals surface area (Å²) in [4.78, 5) is 83.2. The van der Waals surface area contributed by atoms with Crippen LogP contribution in [0.2, 0.25) is 0 Å². The van der Waals surface area contributed by atoms with E-state index in [1.165, 1.54) is 7.05 Å². The number of benzene rings is 2. The lowest BCUT2D eigenvalue weighted by molar-refractivity contribution is -0.152. The highest BCUT2D eigenvalue weighted by atomic mass is 16.6. The number of ether oxygens (including phenoxy) is 4. The van der Waals surface area contributed by atoms with Gasteiger partial charge in [0.15, 0.2) is 5.78 Å². The molecule has 3 rings (SSSR count). The Morgan fingerprint density at radius 3 is 1.72 bits per heavy atom. The van der Waals surface area contributed by atoms with E-state index in [4.69, 9.17) is 18.9 Å². The minimum absolute atomic E-state index is 0.0244. The number of ketones is 1. The van der Waals surface area contributed by atoms with Gasteiger partial charge in [-0.15, -0.1) is 0 Å². The number of carbonyl (C=O) groups is 7. The molecule has 13 nitrogen and oxygen atoms in total. The molecule has 1 aliphatic rings. The van der Waals surface area contributed by atoms with Gasteiger partial charge in [0.05, 0.1) is 0 Å². The Hall–Kier alpha value is -5.59. The Morgan fingerprint density at radius 2 is 1.23 bits per heavy atom. The lowest BCUT2D eigenvalue weighted by Gasteiger charge is -2.14. The molecule has 2 aromatic carbocycles. The van der Waals surface area contributed by atoms with Gasteiger partial charge in [0.2, 0.25) is 5.91 Å². The Bertz CT molecular complexity index is 1390. The number of allylic oxidation sites excluding steroid dienone is 1. The van der Waals surface area contributed by atoms with E-state index in [0.29, 0.717) is 28.9 Å². The Kier molecular flexibility index (Phi) is 11.9. The molecule has 13 heteroatoms. The SMILES string of the molecule is CN(CC(=O)OCCOc1ccc(C(=O)c2ccc(OCCOC(=O)CN3C(=O)C=CC3=O)cc2)cc1)C(=O)/C=C\C=O. The normalized spacial score (nSPS) is 12.3. The van der Waals surface area contributed by atoms with Gasteiger partial charge in [-0.2, -0.15) is 0 Å². The number of aldehydes is 1. The van der Waals surface area contributed by atoms with Gasteiger partial charge in [-0.25, -0.2) is 0 Å². The zero-order chi connectivity index (χ0) is 31.2. The lowest BCUT2D eigenvalue weighted by atomic mass is 10.0. The van der Waals surface area contributed by atoms with E-state index in [9.17, 15) is 33.6 Å². The van der Waals surface area contributed by atoms with E-state index in [1.54, 1.807) is 48.5 Å². The zero-order valence-corrected chi connectivity index (χ0v) is 23.1. The second-order valence-electron chi connectivity index (χ2n) is 8.80. The highest BCUT2D eigenvalue weighted by Gasteiger charge is 2.26. The van der Waals surface area contributed by atoms with Crippen LogP contribution in [0.3, 0.4) is 0 Å². The van der Waals surface area contributed by atoms with Crippen LogP contribution in [-0.2, 0) is 38.2 Å². The van der Waals surface area contributed by atoms with Crippen molar-refractivity contribution in [1.29, 1.82) is 0 Å². The van der Waals surface area contributed by atoms with Gasteiger partial charge in [0.25, 0.3) is 11.8 Å². The summed E-state index contributed by atoms with van der Waals surface area (Å²) >= 11 is 0. The first kappa shape index (κ1) is 31.9. The van der Waals surface area contributed by atoms with Crippen LogP contribution in [-0.4, -0.2) is 98.1 Å². The maximum Gasteiger partial charge on any atom is 0.326 e. The zero-order valence-electron chi connectivity index (χ0n) is 23.1. The summed E-state index contributed by atoms with van der Waals surface area (Å²) in [6.45, 7) is -0.836. The highest BCUT2D eigenvalue weighted by Crippen LogP contribution is 2.18. The fourth-order valence-electron chi connectivity index (χ4n) is 3.53. The summed E-state index contributed by atoms with van der Waals surface area (Å²) in [6.07, 6.45) is 4.69. The molecule has 43 heavy (non-hydrogen) atoms. The van der Waals surface area contributed by atoms with Gasteiger partial charge in [0.1, 0.15) is 57.3 Å². The summed E-state index contributed by atoms with van der Waals surface area (Å²) in [7, 11) is 1.40. The van der Waals surface area contributed by atoms with Crippen LogP contribution in [0.5, 0.6) is 11.5 Å². The molecular weight excluding hydrogens is 564 g/mol. The van der Waals surface area contributed by atoms with E-state index in [0.717, 1.165) is 34.1 Å². The summed E-state index contributed by atoms with van der Waals surface area (Å²) in [5.41, 5.74) is 0.832. The Morgan fingerprint density at radius 1 is 0.744 bits per heavy atom. The van der Waals surface area contributed by atoms with Gasteiger partial charge in [-0.3, -0.25) is 38.5 Å². The number of amides is 3. The number of imide groups is 1. The van der Waals surface area contributed by atoms with Gasteiger partial charge < -0.3 is 23.8 Å². The molecule has 0 saturated carbocycles. The maximum atomic E-state index is 12.8.